The fourth-order valence-electron chi connectivity index (χ4n) is 2.66. The zero-order valence-electron chi connectivity index (χ0n) is 11.4. The zero-order chi connectivity index (χ0) is 13.7. The SMILES string of the molecule is CCC1CCCCCN1Cc1csc(C(=O)NN)n1. The molecule has 0 aromatic carbocycles. The van der Waals surface area contributed by atoms with Crippen molar-refractivity contribution in [3.63, 3.8) is 0 Å². The summed E-state index contributed by atoms with van der Waals surface area (Å²) >= 11 is 1.36. The largest absolute Gasteiger partial charge is 0.295 e. The normalized spacial score (nSPS) is 21.1. The van der Waals surface area contributed by atoms with E-state index in [1.165, 1.54) is 43.4 Å². The van der Waals surface area contributed by atoms with Crippen LogP contribution in [0.2, 0.25) is 0 Å². The van der Waals surface area contributed by atoms with E-state index in [2.05, 4.69) is 22.2 Å². The predicted molar refractivity (Wildman–Crippen MR) is 76.7 cm³/mol. The Hall–Kier alpha value is -0.980. The number of thiazole rings is 1. The van der Waals surface area contributed by atoms with E-state index in [4.69, 9.17) is 5.84 Å². The molecule has 0 aliphatic carbocycles. The number of hydrogen-bond acceptors (Lipinski definition) is 5. The van der Waals surface area contributed by atoms with Crippen LogP contribution in [0.15, 0.2) is 5.38 Å². The van der Waals surface area contributed by atoms with Gasteiger partial charge in [0.25, 0.3) is 5.91 Å². The van der Waals surface area contributed by atoms with Gasteiger partial charge in [-0.25, -0.2) is 10.8 Å². The first-order valence-corrected chi connectivity index (χ1v) is 7.82. The number of amides is 1. The maximum Gasteiger partial charge on any atom is 0.294 e. The van der Waals surface area contributed by atoms with Crippen LogP contribution in [0.5, 0.6) is 0 Å². The van der Waals surface area contributed by atoms with E-state index in [1.807, 2.05) is 5.38 Å². The average Bonchev–Trinajstić information content (AvgIpc) is 2.77. The highest BCUT2D eigenvalue weighted by atomic mass is 32.1. The molecule has 6 heteroatoms. The Labute approximate surface area is 118 Å². The first-order chi connectivity index (χ1) is 9.24. The monoisotopic (exact) mass is 282 g/mol. The summed E-state index contributed by atoms with van der Waals surface area (Å²) in [5.74, 6) is 4.81. The number of carbonyl (C=O) groups excluding carboxylic acids is 1. The van der Waals surface area contributed by atoms with Crippen LogP contribution in [0, 0.1) is 0 Å². The van der Waals surface area contributed by atoms with E-state index in [0.717, 1.165) is 18.8 Å². The number of rotatable bonds is 4. The first kappa shape index (κ1) is 14.4. The van der Waals surface area contributed by atoms with Crippen molar-refractivity contribution in [3.05, 3.63) is 16.1 Å². The molecule has 1 unspecified atom stereocenters. The van der Waals surface area contributed by atoms with Gasteiger partial charge in [-0.15, -0.1) is 11.3 Å². The maximum atomic E-state index is 11.4. The molecule has 19 heavy (non-hydrogen) atoms. The second kappa shape index (κ2) is 6.98. The molecule has 1 atom stereocenters. The van der Waals surface area contributed by atoms with Gasteiger partial charge in [0.2, 0.25) is 0 Å². The Kier molecular flexibility index (Phi) is 5.30. The highest BCUT2D eigenvalue weighted by Crippen LogP contribution is 2.22. The molecule has 1 aliphatic heterocycles. The molecular weight excluding hydrogens is 260 g/mol. The summed E-state index contributed by atoms with van der Waals surface area (Å²) in [6.45, 7) is 4.22. The molecule has 5 nitrogen and oxygen atoms in total. The molecule has 1 fully saturated rings. The van der Waals surface area contributed by atoms with Crippen LogP contribution in [0.3, 0.4) is 0 Å². The summed E-state index contributed by atoms with van der Waals surface area (Å²) < 4.78 is 0. The second-order valence-corrected chi connectivity index (χ2v) is 5.86. The molecule has 0 bridgehead atoms. The quantitative estimate of drug-likeness (QED) is 0.503. The minimum atomic E-state index is -0.306. The lowest BCUT2D eigenvalue weighted by Crippen LogP contribution is -2.34. The van der Waals surface area contributed by atoms with Crippen LogP contribution in [0.4, 0.5) is 0 Å². The molecule has 0 radical (unpaired) electrons. The third-order valence-corrected chi connectivity index (χ3v) is 4.60. The molecule has 2 heterocycles. The van der Waals surface area contributed by atoms with Crippen molar-refractivity contribution < 1.29 is 4.79 Å². The van der Waals surface area contributed by atoms with Crippen LogP contribution >= 0.6 is 11.3 Å². The number of nitrogen functional groups attached to an aromatic ring is 1. The van der Waals surface area contributed by atoms with Crippen LogP contribution < -0.4 is 11.3 Å². The Morgan fingerprint density at radius 3 is 3.16 bits per heavy atom. The predicted octanol–water partition coefficient (Wildman–Crippen LogP) is 1.90. The van der Waals surface area contributed by atoms with Crippen molar-refractivity contribution >= 4 is 17.2 Å². The van der Waals surface area contributed by atoms with E-state index >= 15 is 0 Å². The Morgan fingerprint density at radius 1 is 1.58 bits per heavy atom. The number of nitrogens with one attached hydrogen (secondary N) is 1. The number of nitrogens with zero attached hydrogens (tertiary/aromatic N) is 2. The van der Waals surface area contributed by atoms with Crippen molar-refractivity contribution in [2.45, 2.75) is 51.6 Å². The number of hydrogen-bond donors (Lipinski definition) is 2. The zero-order valence-corrected chi connectivity index (χ0v) is 12.2. The van der Waals surface area contributed by atoms with Crippen molar-refractivity contribution in [1.82, 2.24) is 15.3 Å². The molecule has 1 aromatic heterocycles. The molecule has 1 amide bonds. The van der Waals surface area contributed by atoms with E-state index < -0.39 is 0 Å². The van der Waals surface area contributed by atoms with Gasteiger partial charge < -0.3 is 0 Å². The third-order valence-electron chi connectivity index (χ3n) is 3.71. The van der Waals surface area contributed by atoms with Crippen molar-refractivity contribution in [3.8, 4) is 0 Å². The first-order valence-electron chi connectivity index (χ1n) is 6.94. The van der Waals surface area contributed by atoms with Gasteiger partial charge >= 0.3 is 0 Å². The number of hydrazine groups is 1. The van der Waals surface area contributed by atoms with Gasteiger partial charge in [-0.3, -0.25) is 15.1 Å². The van der Waals surface area contributed by atoms with Crippen LogP contribution in [-0.2, 0) is 6.54 Å². The molecule has 0 saturated carbocycles. The molecule has 1 aliphatic rings. The summed E-state index contributed by atoms with van der Waals surface area (Å²) in [4.78, 5) is 18.3. The topological polar surface area (TPSA) is 71.2 Å². The van der Waals surface area contributed by atoms with E-state index in [1.54, 1.807) is 0 Å². The second-order valence-electron chi connectivity index (χ2n) is 5.00. The minimum Gasteiger partial charge on any atom is -0.295 e. The molecule has 3 N–H and O–H groups in total. The maximum absolute atomic E-state index is 11.4. The fraction of sp³-hybridized carbons (Fsp3) is 0.692. The summed E-state index contributed by atoms with van der Waals surface area (Å²) in [7, 11) is 0. The standard InChI is InChI=1S/C13H22N4OS/c1-2-11-6-4-3-5-7-17(11)8-10-9-19-13(15-10)12(18)16-14/h9,11H,2-8,14H2,1H3,(H,16,18). The number of nitrogens with two attached hydrogens (primary N) is 1. The van der Waals surface area contributed by atoms with Gasteiger partial charge in [-0.05, 0) is 25.8 Å². The molecular formula is C13H22N4OS. The number of likely N-dealkylation sites (tertiary alicyclic amines) is 1. The molecule has 1 saturated heterocycles. The lowest BCUT2D eigenvalue weighted by Gasteiger charge is -2.28. The Morgan fingerprint density at radius 2 is 2.42 bits per heavy atom. The average molecular weight is 282 g/mol. The fourth-order valence-corrected chi connectivity index (χ4v) is 3.37. The summed E-state index contributed by atoms with van der Waals surface area (Å²) in [5.41, 5.74) is 3.10. The van der Waals surface area contributed by atoms with Gasteiger partial charge in [0.15, 0.2) is 5.01 Å². The van der Waals surface area contributed by atoms with E-state index in [-0.39, 0.29) is 5.91 Å². The number of carbonyl (C=O) groups is 1. The van der Waals surface area contributed by atoms with Crippen LogP contribution in [0.25, 0.3) is 0 Å². The van der Waals surface area contributed by atoms with Crippen molar-refractivity contribution in [2.75, 3.05) is 6.54 Å². The molecule has 106 valence electrons. The van der Waals surface area contributed by atoms with Gasteiger partial charge in [0.1, 0.15) is 0 Å². The van der Waals surface area contributed by atoms with Gasteiger partial charge in [0.05, 0.1) is 5.69 Å². The third kappa shape index (κ3) is 3.75. The molecule has 0 spiro atoms. The summed E-state index contributed by atoms with van der Waals surface area (Å²) in [5, 5.41) is 2.41. The highest BCUT2D eigenvalue weighted by Gasteiger charge is 2.20. The van der Waals surface area contributed by atoms with Crippen LogP contribution in [0.1, 0.15) is 54.5 Å². The smallest absolute Gasteiger partial charge is 0.294 e. The van der Waals surface area contributed by atoms with Crippen molar-refractivity contribution in [2.24, 2.45) is 5.84 Å². The van der Waals surface area contributed by atoms with Crippen LogP contribution in [-0.4, -0.2) is 28.4 Å². The number of aromatic nitrogens is 1. The van der Waals surface area contributed by atoms with Gasteiger partial charge in [0, 0.05) is 18.0 Å². The van der Waals surface area contributed by atoms with Crippen molar-refractivity contribution in [1.29, 1.82) is 0 Å². The molecule has 1 aromatic rings. The highest BCUT2D eigenvalue weighted by molar-refractivity contribution is 7.11. The van der Waals surface area contributed by atoms with Gasteiger partial charge in [-0.2, -0.15) is 0 Å². The Bertz CT molecular complexity index is 421. The summed E-state index contributed by atoms with van der Waals surface area (Å²) in [6.07, 6.45) is 6.37. The van der Waals surface area contributed by atoms with Gasteiger partial charge in [-0.1, -0.05) is 19.8 Å². The summed E-state index contributed by atoms with van der Waals surface area (Å²) in [6, 6.07) is 0.649. The lowest BCUT2D eigenvalue weighted by molar-refractivity contribution is 0.0952. The Balaban J connectivity index is 2.02. The molecule has 2 rings (SSSR count). The van der Waals surface area contributed by atoms with E-state index in [9.17, 15) is 4.79 Å². The van der Waals surface area contributed by atoms with E-state index in [0.29, 0.717) is 11.0 Å². The lowest BCUT2D eigenvalue weighted by atomic mass is 10.1. The minimum absolute atomic E-state index is 0.306.